The van der Waals surface area contributed by atoms with Gasteiger partial charge in [0.2, 0.25) is 0 Å². The maximum atomic E-state index is 10.7. The van der Waals surface area contributed by atoms with Crippen LogP contribution in [0.4, 0.5) is 11.6 Å². The molecule has 8 atom stereocenters. The zero-order valence-electron chi connectivity index (χ0n) is 19.7. The van der Waals surface area contributed by atoms with Crippen LogP contribution in [0.2, 0.25) is 0 Å². The monoisotopic (exact) mass is 530 g/mol. The van der Waals surface area contributed by atoms with Crippen molar-refractivity contribution in [3.63, 3.8) is 0 Å². The van der Waals surface area contributed by atoms with Gasteiger partial charge in [-0.25, -0.2) is 19.9 Å². The lowest BCUT2D eigenvalue weighted by atomic mass is 10.1. The Balaban J connectivity index is 1.57. The van der Waals surface area contributed by atoms with E-state index in [0.29, 0.717) is 21.9 Å². The lowest BCUT2D eigenvalue weighted by Gasteiger charge is -2.17. The van der Waals surface area contributed by atoms with Crippen LogP contribution in [-0.4, -0.2) is 110 Å². The fourth-order valence-corrected chi connectivity index (χ4v) is 5.23. The van der Waals surface area contributed by atoms with Gasteiger partial charge < -0.3 is 60.7 Å². The molecule has 10 N–H and O–H groups in total. The average molecular weight is 530 g/mol. The molecule has 0 aromatic carbocycles. The van der Waals surface area contributed by atoms with E-state index in [2.05, 4.69) is 19.9 Å². The van der Waals surface area contributed by atoms with Crippen LogP contribution in [0.3, 0.4) is 0 Å². The van der Waals surface area contributed by atoms with Crippen molar-refractivity contribution in [2.75, 3.05) is 24.7 Å². The molecule has 0 amide bonds. The summed E-state index contributed by atoms with van der Waals surface area (Å²) in [6.07, 6.45) is -4.10. The molecule has 4 aromatic heterocycles. The van der Waals surface area contributed by atoms with E-state index in [4.69, 9.17) is 20.9 Å². The second kappa shape index (κ2) is 9.07. The van der Waals surface area contributed by atoms with Crippen molar-refractivity contribution in [1.82, 2.24) is 29.1 Å². The van der Waals surface area contributed by atoms with Gasteiger partial charge in [0, 0.05) is 23.5 Å². The number of hydrogen-bond acceptors (Lipinski definition) is 14. The average Bonchev–Trinajstić information content (AvgIpc) is 3.63. The SMILES string of the molecule is Nc1ncnc2c1c(-c1cn([C@@H]3O[C@H](CO)[C@@H](O)[C@H]3O)c3ncnc(N)c13)cn2[C@@H]1O[C@H](CO)[C@@H](O)[C@H]1O. The number of nitrogen functional groups attached to an aromatic ring is 2. The summed E-state index contributed by atoms with van der Waals surface area (Å²) in [7, 11) is 0. The molecule has 2 aliphatic heterocycles. The van der Waals surface area contributed by atoms with Gasteiger partial charge in [-0.05, 0) is 0 Å². The molecule has 2 saturated heterocycles. The Labute approximate surface area is 213 Å². The standard InChI is InChI=1S/C22H26N8O8/c23-17-11-7(1-29(19(11)27-5-25-17)21-15(35)13(33)9(3-31)37-21)8-2-30(20-12(8)18(24)26-6-28-20)22-16(36)14(34)10(4-32)38-22/h1-2,5-6,9-10,13-16,21-22,31-36H,3-4H2,(H2,23,25,27)(H2,24,26,28)/t9-,10-,13-,14-,15-,16-,21-,22-/m1/s1. The molecule has 16 heteroatoms. The van der Waals surface area contributed by atoms with Gasteiger partial charge in [-0.1, -0.05) is 0 Å². The molecule has 16 nitrogen and oxygen atoms in total. The van der Waals surface area contributed by atoms with Crippen molar-refractivity contribution < 1.29 is 40.1 Å². The van der Waals surface area contributed by atoms with Gasteiger partial charge in [0.25, 0.3) is 0 Å². The second-order valence-electron chi connectivity index (χ2n) is 9.27. The number of ether oxygens (including phenoxy) is 2. The highest BCUT2D eigenvalue weighted by atomic mass is 16.6. The van der Waals surface area contributed by atoms with Crippen molar-refractivity contribution >= 4 is 33.7 Å². The lowest BCUT2D eigenvalue weighted by Crippen LogP contribution is -2.33. The first-order valence-corrected chi connectivity index (χ1v) is 11.7. The zero-order valence-corrected chi connectivity index (χ0v) is 19.7. The summed E-state index contributed by atoms with van der Waals surface area (Å²) in [4.78, 5) is 16.8. The first-order chi connectivity index (χ1) is 18.3. The van der Waals surface area contributed by atoms with E-state index < -0.39 is 62.3 Å². The van der Waals surface area contributed by atoms with Crippen molar-refractivity contribution in [1.29, 1.82) is 0 Å². The van der Waals surface area contributed by atoms with Gasteiger partial charge in [0.05, 0.1) is 24.0 Å². The summed E-state index contributed by atoms with van der Waals surface area (Å²) in [5, 5.41) is 61.8. The first kappa shape index (κ1) is 24.8. The molecule has 2 fully saturated rings. The van der Waals surface area contributed by atoms with Crippen LogP contribution >= 0.6 is 0 Å². The molecule has 2 aliphatic rings. The first-order valence-electron chi connectivity index (χ1n) is 11.7. The maximum Gasteiger partial charge on any atom is 0.164 e. The van der Waals surface area contributed by atoms with Gasteiger partial charge in [-0.2, -0.15) is 0 Å². The quantitative estimate of drug-likeness (QED) is 0.130. The van der Waals surface area contributed by atoms with E-state index in [-0.39, 0.29) is 22.9 Å². The van der Waals surface area contributed by atoms with Crippen LogP contribution in [0.5, 0.6) is 0 Å². The van der Waals surface area contributed by atoms with E-state index in [1.807, 2.05) is 0 Å². The summed E-state index contributed by atoms with van der Waals surface area (Å²) < 4.78 is 14.4. The van der Waals surface area contributed by atoms with Gasteiger partial charge in [0.15, 0.2) is 12.5 Å². The van der Waals surface area contributed by atoms with E-state index in [1.54, 1.807) is 12.4 Å². The maximum absolute atomic E-state index is 10.7. The molecule has 0 radical (unpaired) electrons. The topological polar surface area (TPSA) is 253 Å². The molecule has 6 heterocycles. The Morgan fingerprint density at radius 1 is 0.658 bits per heavy atom. The third-order valence-electron chi connectivity index (χ3n) is 7.15. The number of hydrogen-bond donors (Lipinski definition) is 8. The van der Waals surface area contributed by atoms with E-state index in [0.717, 1.165) is 0 Å². The highest BCUT2D eigenvalue weighted by Gasteiger charge is 2.45. The predicted octanol–water partition coefficient (Wildman–Crippen LogP) is -2.77. The fourth-order valence-electron chi connectivity index (χ4n) is 5.23. The third-order valence-corrected chi connectivity index (χ3v) is 7.15. The Kier molecular flexibility index (Phi) is 5.93. The molecule has 38 heavy (non-hydrogen) atoms. The highest BCUT2D eigenvalue weighted by Crippen LogP contribution is 2.43. The Morgan fingerprint density at radius 3 is 1.39 bits per heavy atom. The molecule has 202 valence electrons. The number of rotatable bonds is 5. The largest absolute Gasteiger partial charge is 0.394 e. The van der Waals surface area contributed by atoms with Crippen LogP contribution < -0.4 is 11.5 Å². The normalized spacial score (nSPS) is 31.6. The number of aromatic nitrogens is 6. The van der Waals surface area contributed by atoms with E-state index in [1.165, 1.54) is 21.8 Å². The van der Waals surface area contributed by atoms with Crippen LogP contribution in [0.25, 0.3) is 33.2 Å². The molecular weight excluding hydrogens is 504 g/mol. The van der Waals surface area contributed by atoms with Crippen molar-refractivity contribution in [3.8, 4) is 11.1 Å². The highest BCUT2D eigenvalue weighted by molar-refractivity contribution is 6.09. The minimum Gasteiger partial charge on any atom is -0.394 e. The molecule has 6 rings (SSSR count). The Bertz CT molecular complexity index is 1400. The summed E-state index contributed by atoms with van der Waals surface area (Å²) in [5.74, 6) is 0.194. The summed E-state index contributed by atoms with van der Waals surface area (Å²) in [6.45, 7) is -1.02. The number of aliphatic hydroxyl groups is 6. The molecule has 4 aromatic rings. The fraction of sp³-hybridized carbons (Fsp3) is 0.455. The molecule has 0 spiro atoms. The van der Waals surface area contributed by atoms with Crippen LogP contribution in [0.15, 0.2) is 25.0 Å². The number of nitrogens with zero attached hydrogens (tertiary/aromatic N) is 6. The van der Waals surface area contributed by atoms with Crippen molar-refractivity contribution in [2.45, 2.75) is 49.1 Å². The number of nitrogens with two attached hydrogens (primary N) is 2. The summed E-state index contributed by atoms with van der Waals surface area (Å²) >= 11 is 0. The third kappa shape index (κ3) is 3.47. The Hall–Kier alpha value is -3.48. The molecule has 0 bridgehead atoms. The molecule has 0 saturated carbocycles. The van der Waals surface area contributed by atoms with Gasteiger partial charge in [-0.15, -0.1) is 0 Å². The number of anilines is 2. The number of aliphatic hydroxyl groups excluding tert-OH is 6. The van der Waals surface area contributed by atoms with Crippen molar-refractivity contribution in [3.05, 3.63) is 25.0 Å². The van der Waals surface area contributed by atoms with E-state index in [9.17, 15) is 30.6 Å². The van der Waals surface area contributed by atoms with Crippen LogP contribution in [-0.2, 0) is 9.47 Å². The molecular formula is C22H26N8O8. The summed E-state index contributed by atoms with van der Waals surface area (Å²) in [5.41, 5.74) is 13.9. The van der Waals surface area contributed by atoms with Gasteiger partial charge >= 0.3 is 0 Å². The zero-order chi connectivity index (χ0) is 26.9. The summed E-state index contributed by atoms with van der Waals surface area (Å²) in [6, 6.07) is 0. The minimum absolute atomic E-state index is 0.0970. The Morgan fingerprint density at radius 2 is 1.05 bits per heavy atom. The number of fused-ring (bicyclic) bond motifs is 2. The second-order valence-corrected chi connectivity index (χ2v) is 9.27. The van der Waals surface area contributed by atoms with Crippen LogP contribution in [0.1, 0.15) is 12.5 Å². The molecule has 0 aliphatic carbocycles. The smallest absolute Gasteiger partial charge is 0.164 e. The predicted molar refractivity (Wildman–Crippen MR) is 129 cm³/mol. The van der Waals surface area contributed by atoms with E-state index >= 15 is 0 Å². The van der Waals surface area contributed by atoms with Gasteiger partial charge in [0.1, 0.15) is 72.2 Å². The van der Waals surface area contributed by atoms with Gasteiger partial charge in [-0.3, -0.25) is 0 Å². The minimum atomic E-state index is -1.39. The van der Waals surface area contributed by atoms with Crippen molar-refractivity contribution in [2.24, 2.45) is 0 Å². The molecule has 0 unspecified atom stereocenters. The van der Waals surface area contributed by atoms with Crippen LogP contribution in [0, 0.1) is 0 Å². The lowest BCUT2D eigenvalue weighted by molar-refractivity contribution is -0.0509.